The van der Waals surface area contributed by atoms with Gasteiger partial charge in [-0.05, 0) is 56.2 Å². The number of carbonyl (C=O) groups excluding carboxylic acids is 3. The van der Waals surface area contributed by atoms with Crippen LogP contribution in [0.4, 0.5) is 37.7 Å². The highest BCUT2D eigenvalue weighted by Crippen LogP contribution is 2.48. The number of ether oxygens (including phenoxy) is 5. The van der Waals surface area contributed by atoms with E-state index in [0.29, 0.717) is 44.0 Å². The summed E-state index contributed by atoms with van der Waals surface area (Å²) in [6, 6.07) is 21.7. The van der Waals surface area contributed by atoms with Crippen LogP contribution in [0.1, 0.15) is 63.7 Å². The molecule has 12 nitrogen and oxygen atoms in total. The smallest absolute Gasteiger partial charge is 0.310 e. The summed E-state index contributed by atoms with van der Waals surface area (Å²) in [4.78, 5) is 52.0. The maximum absolute atomic E-state index is 15.1. The first kappa shape index (κ1) is 48.4. The fourth-order valence-electron chi connectivity index (χ4n) is 8.25. The molecule has 356 valence electrons. The lowest BCUT2D eigenvalue weighted by atomic mass is 9.99. The third-order valence-electron chi connectivity index (χ3n) is 10.9. The minimum atomic E-state index is -2.72. The lowest BCUT2D eigenvalue weighted by Gasteiger charge is -2.17. The fourth-order valence-corrected chi connectivity index (χ4v) is 8.25. The van der Waals surface area contributed by atoms with E-state index in [1.807, 2.05) is 0 Å². The van der Waals surface area contributed by atoms with Gasteiger partial charge in [0.2, 0.25) is 0 Å². The molecule has 0 spiro atoms. The fraction of sp³-hybridized carbons (Fsp3) is 0.280. The SMILES string of the molecule is CCOC(=O)Cc1ccc(N2Cc3c(c(OCC)c4ccccc4c3OCC(F)F)C2=O)c(F)c1.CCOc1c2c(c(OCC(F)F)c3ccccc13)CN(c1ccc(CC(=O)O)cc1F)C2=O. The molecule has 6 aromatic carbocycles. The summed E-state index contributed by atoms with van der Waals surface area (Å²) in [5, 5.41) is 11.0. The van der Waals surface area contributed by atoms with Crippen molar-refractivity contribution in [2.45, 2.75) is 59.6 Å². The minimum absolute atomic E-state index is 0.00915. The number of benzene rings is 6. The average Bonchev–Trinajstić information content (AvgIpc) is 3.81. The maximum Gasteiger partial charge on any atom is 0.310 e. The van der Waals surface area contributed by atoms with Crippen LogP contribution in [-0.4, -0.2) is 74.7 Å². The lowest BCUT2D eigenvalue weighted by molar-refractivity contribution is -0.142. The Bertz CT molecular complexity index is 2910. The van der Waals surface area contributed by atoms with Crippen molar-refractivity contribution in [3.05, 3.63) is 130 Å². The van der Waals surface area contributed by atoms with Crippen LogP contribution in [-0.2, 0) is 40.3 Å². The van der Waals surface area contributed by atoms with Gasteiger partial charge in [0.15, 0.2) is 0 Å². The molecular weight excluding hydrogens is 903 g/mol. The van der Waals surface area contributed by atoms with Gasteiger partial charge >= 0.3 is 11.9 Å². The molecule has 0 aliphatic carbocycles. The van der Waals surface area contributed by atoms with E-state index >= 15 is 4.39 Å². The summed E-state index contributed by atoms with van der Waals surface area (Å²) in [6.45, 7) is 3.99. The predicted octanol–water partition coefficient (Wildman–Crippen LogP) is 10.1. The zero-order valence-corrected chi connectivity index (χ0v) is 36.9. The third kappa shape index (κ3) is 9.94. The molecule has 0 saturated carbocycles. The summed E-state index contributed by atoms with van der Waals surface area (Å²) in [7, 11) is 0. The van der Waals surface area contributed by atoms with Crippen molar-refractivity contribution in [2.75, 3.05) is 42.8 Å². The summed E-state index contributed by atoms with van der Waals surface area (Å²) in [5.41, 5.74) is 1.55. The van der Waals surface area contributed by atoms with E-state index in [2.05, 4.69) is 0 Å². The van der Waals surface area contributed by atoms with E-state index in [0.717, 1.165) is 6.07 Å². The van der Waals surface area contributed by atoms with Gasteiger partial charge in [0.05, 0.1) is 68.3 Å². The van der Waals surface area contributed by atoms with Crippen molar-refractivity contribution in [2.24, 2.45) is 0 Å². The first-order valence-corrected chi connectivity index (χ1v) is 21.5. The minimum Gasteiger partial charge on any atom is -0.492 e. The van der Waals surface area contributed by atoms with Crippen LogP contribution in [0.25, 0.3) is 21.5 Å². The topological polar surface area (TPSA) is 141 Å². The van der Waals surface area contributed by atoms with E-state index in [1.165, 1.54) is 34.1 Å². The number of hydrogen-bond donors (Lipinski definition) is 1. The van der Waals surface area contributed by atoms with Gasteiger partial charge in [0.1, 0.15) is 47.8 Å². The van der Waals surface area contributed by atoms with Gasteiger partial charge in [-0.1, -0.05) is 60.7 Å². The molecule has 18 heteroatoms. The highest BCUT2D eigenvalue weighted by molar-refractivity contribution is 6.18. The molecule has 0 radical (unpaired) electrons. The molecule has 1 N–H and O–H groups in total. The Balaban J connectivity index is 0.000000202. The molecule has 0 fully saturated rings. The molecule has 2 aliphatic rings. The molecule has 0 saturated heterocycles. The zero-order chi connectivity index (χ0) is 48.8. The molecule has 2 amide bonds. The number of rotatable bonds is 17. The quantitative estimate of drug-likeness (QED) is 0.0694. The normalized spacial score (nSPS) is 12.9. The third-order valence-corrected chi connectivity index (χ3v) is 10.9. The summed E-state index contributed by atoms with van der Waals surface area (Å²) in [6.07, 6.45) is -5.91. The van der Waals surface area contributed by atoms with Crippen LogP contribution in [0.2, 0.25) is 0 Å². The Morgan fingerprint density at radius 3 is 1.32 bits per heavy atom. The van der Waals surface area contributed by atoms with E-state index in [4.69, 9.17) is 28.8 Å². The number of nitrogens with zero attached hydrogens (tertiary/aromatic N) is 2. The number of carbonyl (C=O) groups is 4. The molecule has 6 aromatic rings. The molecule has 2 aliphatic heterocycles. The van der Waals surface area contributed by atoms with Crippen LogP contribution in [0, 0.1) is 11.6 Å². The van der Waals surface area contributed by atoms with E-state index in [1.54, 1.807) is 75.4 Å². The van der Waals surface area contributed by atoms with E-state index in [9.17, 15) is 41.1 Å². The van der Waals surface area contributed by atoms with Crippen LogP contribution >= 0.6 is 0 Å². The van der Waals surface area contributed by atoms with Crippen molar-refractivity contribution in [1.29, 1.82) is 0 Å². The van der Waals surface area contributed by atoms with Gasteiger partial charge in [0, 0.05) is 32.7 Å². The number of carboxylic acid groups (broad SMARTS) is 1. The second-order valence-corrected chi connectivity index (χ2v) is 15.3. The molecule has 0 aromatic heterocycles. The van der Waals surface area contributed by atoms with Gasteiger partial charge in [-0.15, -0.1) is 0 Å². The molecule has 0 bridgehead atoms. The molecule has 2 heterocycles. The summed E-state index contributed by atoms with van der Waals surface area (Å²) < 4.78 is 109. The predicted molar refractivity (Wildman–Crippen MR) is 239 cm³/mol. The monoisotopic (exact) mass is 946 g/mol. The van der Waals surface area contributed by atoms with Gasteiger partial charge in [-0.25, -0.2) is 26.3 Å². The number of amides is 2. The number of aliphatic carboxylic acids is 1. The van der Waals surface area contributed by atoms with Gasteiger partial charge in [-0.2, -0.15) is 0 Å². The van der Waals surface area contributed by atoms with Crippen molar-refractivity contribution in [3.8, 4) is 23.0 Å². The molecule has 0 unspecified atom stereocenters. The van der Waals surface area contributed by atoms with Crippen LogP contribution in [0.15, 0.2) is 84.9 Å². The number of alkyl halides is 4. The van der Waals surface area contributed by atoms with Crippen molar-refractivity contribution < 1.29 is 74.3 Å². The maximum atomic E-state index is 15.1. The number of carboxylic acids is 1. The van der Waals surface area contributed by atoms with Gasteiger partial charge < -0.3 is 38.6 Å². The number of esters is 1. The molecular formula is C50H44F6N2O10. The van der Waals surface area contributed by atoms with Gasteiger partial charge in [-0.3, -0.25) is 19.2 Å². The Hall–Kier alpha value is -7.50. The summed E-state index contributed by atoms with van der Waals surface area (Å²) in [5.74, 6) is -3.31. The molecule has 68 heavy (non-hydrogen) atoms. The Morgan fingerprint density at radius 2 is 0.971 bits per heavy atom. The second kappa shape index (κ2) is 21.0. The van der Waals surface area contributed by atoms with Crippen molar-refractivity contribution in [1.82, 2.24) is 0 Å². The first-order valence-electron chi connectivity index (χ1n) is 21.5. The second-order valence-electron chi connectivity index (χ2n) is 15.3. The molecule has 0 atom stereocenters. The average molecular weight is 947 g/mol. The Morgan fingerprint density at radius 1 is 0.574 bits per heavy atom. The number of halogens is 6. The highest BCUT2D eigenvalue weighted by atomic mass is 19.3. The molecule has 8 rings (SSSR count). The largest absolute Gasteiger partial charge is 0.492 e. The highest BCUT2D eigenvalue weighted by Gasteiger charge is 2.39. The van der Waals surface area contributed by atoms with Crippen LogP contribution < -0.4 is 28.7 Å². The van der Waals surface area contributed by atoms with Crippen LogP contribution in [0.3, 0.4) is 0 Å². The summed E-state index contributed by atoms with van der Waals surface area (Å²) >= 11 is 0. The Kier molecular flexibility index (Phi) is 14.9. The number of anilines is 2. The van der Waals surface area contributed by atoms with Gasteiger partial charge in [0.25, 0.3) is 24.7 Å². The zero-order valence-electron chi connectivity index (χ0n) is 36.9. The van der Waals surface area contributed by atoms with E-state index in [-0.39, 0.29) is 91.1 Å². The lowest BCUT2D eigenvalue weighted by Crippen LogP contribution is -2.24. The van der Waals surface area contributed by atoms with E-state index < -0.39 is 61.5 Å². The number of hydrogen-bond acceptors (Lipinski definition) is 9. The van der Waals surface area contributed by atoms with Crippen LogP contribution in [0.5, 0.6) is 23.0 Å². The van der Waals surface area contributed by atoms with Crippen molar-refractivity contribution in [3.63, 3.8) is 0 Å². The standard InChI is InChI=1S/C26H24F3NO5.C24H20F3NO5/c1-3-33-22(31)12-15-9-10-20(19(27)11-15)30-13-18-23(26(30)32)25(34-4-2)17-8-6-5-7-16(17)24(18)35-14-21(28)29;1-2-32-23-15-6-4-3-5-14(15)22(33-12-19(26)27)16-11-28(24(31)21(16)23)18-8-7-13(9-17(18)25)10-20(29)30/h5-11,21H,3-4,12-14H2,1-2H3;3-9,19H,2,10-12H2,1H3,(H,29,30). The van der Waals surface area contributed by atoms with Crippen molar-refractivity contribution >= 4 is 56.7 Å². The Labute approximate surface area is 385 Å². The number of fused-ring (bicyclic) bond motifs is 4. The first-order chi connectivity index (χ1) is 32.7.